The molecule has 0 saturated heterocycles. The Morgan fingerprint density at radius 2 is 1.75 bits per heavy atom. The van der Waals surface area contributed by atoms with E-state index in [9.17, 15) is 4.79 Å². The van der Waals surface area contributed by atoms with Crippen molar-refractivity contribution in [1.29, 1.82) is 0 Å². The predicted octanol–water partition coefficient (Wildman–Crippen LogP) is 3.18. The molecule has 0 saturated carbocycles. The van der Waals surface area contributed by atoms with E-state index in [2.05, 4.69) is 5.32 Å². The average molecular weight is 329 g/mol. The minimum Gasteiger partial charge on any atom is -0.497 e. The number of methoxy groups -OCH3 is 1. The number of hydrogen-bond donors (Lipinski definition) is 1. The van der Waals surface area contributed by atoms with E-state index in [4.69, 9.17) is 14.2 Å². The van der Waals surface area contributed by atoms with Crippen molar-refractivity contribution in [3.8, 4) is 17.2 Å². The fourth-order valence-corrected chi connectivity index (χ4v) is 2.07. The van der Waals surface area contributed by atoms with E-state index in [1.807, 2.05) is 38.1 Å². The number of carbonyl (C=O) groups is 1. The zero-order valence-electron chi connectivity index (χ0n) is 14.2. The summed E-state index contributed by atoms with van der Waals surface area (Å²) in [5.41, 5.74) is 0.978. The molecule has 0 spiro atoms. The summed E-state index contributed by atoms with van der Waals surface area (Å²) in [4.78, 5) is 11.9. The number of carbonyl (C=O) groups excluding carboxylic acids is 1. The van der Waals surface area contributed by atoms with Gasteiger partial charge in [-0.3, -0.25) is 4.79 Å². The second-order valence-corrected chi connectivity index (χ2v) is 5.55. The summed E-state index contributed by atoms with van der Waals surface area (Å²) in [6.07, 6.45) is 0.118. The Labute approximate surface area is 142 Å². The fraction of sp³-hybridized carbons (Fsp3) is 0.316. The standard InChI is InChI=1S/C19H23NO4/c1-14(2)24-18-6-4-5-15(11-18)12-20-19(21)13-23-17-9-7-16(22-3)8-10-17/h4-11,14H,12-13H2,1-3H3,(H,20,21). The lowest BCUT2D eigenvalue weighted by atomic mass is 10.2. The Bertz CT molecular complexity index is 653. The van der Waals surface area contributed by atoms with Gasteiger partial charge in [-0.25, -0.2) is 0 Å². The van der Waals surface area contributed by atoms with E-state index in [-0.39, 0.29) is 18.6 Å². The zero-order valence-corrected chi connectivity index (χ0v) is 14.2. The number of nitrogens with one attached hydrogen (secondary N) is 1. The van der Waals surface area contributed by atoms with Gasteiger partial charge in [0.05, 0.1) is 13.2 Å². The summed E-state index contributed by atoms with van der Waals surface area (Å²) >= 11 is 0. The van der Waals surface area contributed by atoms with Crippen molar-refractivity contribution >= 4 is 5.91 Å². The van der Waals surface area contributed by atoms with Gasteiger partial charge >= 0.3 is 0 Å². The molecule has 0 unspecified atom stereocenters. The molecular weight excluding hydrogens is 306 g/mol. The third kappa shape index (κ3) is 5.83. The lowest BCUT2D eigenvalue weighted by molar-refractivity contribution is -0.123. The molecule has 1 amide bonds. The number of rotatable bonds is 8. The van der Waals surface area contributed by atoms with Gasteiger partial charge in [0.1, 0.15) is 17.2 Å². The van der Waals surface area contributed by atoms with Crippen molar-refractivity contribution < 1.29 is 19.0 Å². The largest absolute Gasteiger partial charge is 0.497 e. The van der Waals surface area contributed by atoms with Crippen molar-refractivity contribution in [3.05, 3.63) is 54.1 Å². The monoisotopic (exact) mass is 329 g/mol. The minimum atomic E-state index is -0.180. The van der Waals surface area contributed by atoms with Crippen molar-refractivity contribution in [1.82, 2.24) is 5.32 Å². The molecule has 5 heteroatoms. The molecule has 0 radical (unpaired) electrons. The SMILES string of the molecule is COc1ccc(OCC(=O)NCc2cccc(OC(C)C)c2)cc1. The van der Waals surface area contributed by atoms with Crippen LogP contribution in [0, 0.1) is 0 Å². The van der Waals surface area contributed by atoms with Crippen LogP contribution < -0.4 is 19.5 Å². The van der Waals surface area contributed by atoms with Gasteiger partial charge in [-0.2, -0.15) is 0 Å². The highest BCUT2D eigenvalue weighted by atomic mass is 16.5. The van der Waals surface area contributed by atoms with Crippen LogP contribution in [0.4, 0.5) is 0 Å². The van der Waals surface area contributed by atoms with Crippen molar-refractivity contribution in [2.24, 2.45) is 0 Å². The first-order valence-electron chi connectivity index (χ1n) is 7.86. The van der Waals surface area contributed by atoms with Gasteiger partial charge in [0.15, 0.2) is 6.61 Å². The van der Waals surface area contributed by atoms with E-state index in [1.165, 1.54) is 0 Å². The number of amides is 1. The number of benzene rings is 2. The fourth-order valence-electron chi connectivity index (χ4n) is 2.07. The highest BCUT2D eigenvalue weighted by molar-refractivity contribution is 5.77. The highest BCUT2D eigenvalue weighted by Crippen LogP contribution is 2.17. The number of hydrogen-bond acceptors (Lipinski definition) is 4. The van der Waals surface area contributed by atoms with Gasteiger partial charge in [0.25, 0.3) is 5.91 Å². The average Bonchev–Trinajstić information content (AvgIpc) is 2.58. The molecular formula is C19H23NO4. The van der Waals surface area contributed by atoms with Gasteiger partial charge in [0.2, 0.25) is 0 Å². The van der Waals surface area contributed by atoms with Crippen LogP contribution in [-0.2, 0) is 11.3 Å². The third-order valence-corrected chi connectivity index (χ3v) is 3.19. The molecule has 0 heterocycles. The van der Waals surface area contributed by atoms with Crippen LogP contribution in [0.25, 0.3) is 0 Å². The van der Waals surface area contributed by atoms with Crippen LogP contribution in [0.3, 0.4) is 0 Å². The van der Waals surface area contributed by atoms with Crippen LogP contribution in [0.5, 0.6) is 17.2 Å². The van der Waals surface area contributed by atoms with Crippen LogP contribution in [0.15, 0.2) is 48.5 Å². The van der Waals surface area contributed by atoms with Gasteiger partial charge in [-0.1, -0.05) is 12.1 Å². The maximum atomic E-state index is 11.9. The lowest BCUT2D eigenvalue weighted by Gasteiger charge is -2.11. The molecule has 0 atom stereocenters. The Balaban J connectivity index is 1.78. The van der Waals surface area contributed by atoms with Gasteiger partial charge in [-0.15, -0.1) is 0 Å². The van der Waals surface area contributed by atoms with Crippen molar-refractivity contribution in [2.45, 2.75) is 26.5 Å². The topological polar surface area (TPSA) is 56.8 Å². The molecule has 5 nitrogen and oxygen atoms in total. The summed E-state index contributed by atoms with van der Waals surface area (Å²) in [5.74, 6) is 1.99. The molecule has 0 fully saturated rings. The first-order chi connectivity index (χ1) is 11.6. The van der Waals surface area contributed by atoms with Gasteiger partial charge < -0.3 is 19.5 Å². The van der Waals surface area contributed by atoms with Crippen LogP contribution in [-0.4, -0.2) is 25.7 Å². The smallest absolute Gasteiger partial charge is 0.258 e. The quantitative estimate of drug-likeness (QED) is 0.808. The molecule has 128 valence electrons. The van der Waals surface area contributed by atoms with E-state index in [1.54, 1.807) is 31.4 Å². The third-order valence-electron chi connectivity index (χ3n) is 3.19. The molecule has 0 aliphatic rings. The van der Waals surface area contributed by atoms with E-state index < -0.39 is 0 Å². The second kappa shape index (κ2) is 8.82. The van der Waals surface area contributed by atoms with Gasteiger partial charge in [0, 0.05) is 6.54 Å². The molecule has 2 rings (SSSR count). The molecule has 0 bridgehead atoms. The summed E-state index contributed by atoms with van der Waals surface area (Å²) in [7, 11) is 1.60. The Morgan fingerprint density at radius 3 is 2.42 bits per heavy atom. The summed E-state index contributed by atoms with van der Waals surface area (Å²) < 4.78 is 16.1. The van der Waals surface area contributed by atoms with Gasteiger partial charge in [-0.05, 0) is 55.8 Å². The normalized spacial score (nSPS) is 10.3. The molecule has 0 aliphatic carbocycles. The zero-order chi connectivity index (χ0) is 17.4. The first-order valence-corrected chi connectivity index (χ1v) is 7.86. The van der Waals surface area contributed by atoms with E-state index in [0.717, 1.165) is 17.1 Å². The summed E-state index contributed by atoms with van der Waals surface area (Å²) in [5, 5.41) is 2.83. The molecule has 2 aromatic carbocycles. The van der Waals surface area contributed by atoms with Crippen LogP contribution in [0.1, 0.15) is 19.4 Å². The van der Waals surface area contributed by atoms with Crippen LogP contribution in [0.2, 0.25) is 0 Å². The number of ether oxygens (including phenoxy) is 3. The maximum absolute atomic E-state index is 11.9. The minimum absolute atomic E-state index is 0.0332. The first kappa shape index (κ1) is 17.7. The second-order valence-electron chi connectivity index (χ2n) is 5.55. The van der Waals surface area contributed by atoms with E-state index in [0.29, 0.717) is 12.3 Å². The lowest BCUT2D eigenvalue weighted by Crippen LogP contribution is -2.28. The Kier molecular flexibility index (Phi) is 6.49. The van der Waals surface area contributed by atoms with Crippen molar-refractivity contribution in [2.75, 3.05) is 13.7 Å². The Hall–Kier alpha value is -2.69. The molecule has 2 aromatic rings. The van der Waals surface area contributed by atoms with E-state index >= 15 is 0 Å². The maximum Gasteiger partial charge on any atom is 0.258 e. The van der Waals surface area contributed by atoms with Crippen LogP contribution >= 0.6 is 0 Å². The Morgan fingerprint density at radius 1 is 1.04 bits per heavy atom. The summed E-state index contributed by atoms with van der Waals surface area (Å²) in [6.45, 7) is 4.35. The molecule has 0 aliphatic heterocycles. The predicted molar refractivity (Wildman–Crippen MR) is 92.5 cm³/mol. The molecule has 24 heavy (non-hydrogen) atoms. The molecule has 0 aromatic heterocycles. The summed E-state index contributed by atoms with van der Waals surface area (Å²) in [6, 6.07) is 14.8. The van der Waals surface area contributed by atoms with Crippen molar-refractivity contribution in [3.63, 3.8) is 0 Å². The molecule has 1 N–H and O–H groups in total. The highest BCUT2D eigenvalue weighted by Gasteiger charge is 2.05.